The maximum atomic E-state index is 12.6. The number of nitrogens with one attached hydrogen (secondary N) is 2. The summed E-state index contributed by atoms with van der Waals surface area (Å²) in [7, 11) is 0. The first-order valence-electron chi connectivity index (χ1n) is 7.17. The first kappa shape index (κ1) is 15.8. The number of Topliss-reactive ketones (excluding diaryl/α,β-unsaturated/α-hetero) is 1. The Hall–Kier alpha value is -2.62. The van der Waals surface area contributed by atoms with Crippen LogP contribution in [-0.4, -0.2) is 17.9 Å². The number of hydrogen-bond donors (Lipinski definition) is 2. The average Bonchev–Trinajstić information content (AvgIpc) is 2.50. The minimum absolute atomic E-state index is 0.170. The summed E-state index contributed by atoms with van der Waals surface area (Å²) in [5.41, 5.74) is 3.49. The van der Waals surface area contributed by atoms with Crippen molar-refractivity contribution >= 4 is 17.4 Å². The number of amides is 1. The van der Waals surface area contributed by atoms with Gasteiger partial charge in [0.25, 0.3) is 0 Å². The van der Waals surface area contributed by atoms with Gasteiger partial charge in [0.2, 0.25) is 11.7 Å². The SMILES string of the molecule is CC(=O)NC(Nc1cc(C)ccc1C)C(=O)c1ccccc1. The fraction of sp³-hybridized carbons (Fsp3) is 0.222. The monoisotopic (exact) mass is 296 g/mol. The summed E-state index contributed by atoms with van der Waals surface area (Å²) in [6.07, 6.45) is -0.791. The van der Waals surface area contributed by atoms with Gasteiger partial charge in [-0.1, -0.05) is 42.5 Å². The lowest BCUT2D eigenvalue weighted by atomic mass is 10.1. The van der Waals surface area contributed by atoms with Crippen LogP contribution in [0.2, 0.25) is 0 Å². The highest BCUT2D eigenvalue weighted by Gasteiger charge is 2.21. The molecule has 0 saturated heterocycles. The standard InChI is InChI=1S/C18H20N2O2/c1-12-9-10-13(2)16(11-12)20-18(19-14(3)21)17(22)15-7-5-4-6-8-15/h4-11,18,20H,1-3H3,(H,19,21). The molecule has 114 valence electrons. The van der Waals surface area contributed by atoms with E-state index in [4.69, 9.17) is 0 Å². The van der Waals surface area contributed by atoms with E-state index in [1.54, 1.807) is 24.3 Å². The maximum absolute atomic E-state index is 12.6. The van der Waals surface area contributed by atoms with Crippen LogP contribution in [-0.2, 0) is 4.79 Å². The summed E-state index contributed by atoms with van der Waals surface area (Å²) in [5.74, 6) is -0.427. The topological polar surface area (TPSA) is 58.2 Å². The lowest BCUT2D eigenvalue weighted by Crippen LogP contribution is -2.45. The van der Waals surface area contributed by atoms with E-state index in [1.165, 1.54) is 6.92 Å². The van der Waals surface area contributed by atoms with Crippen LogP contribution in [0.5, 0.6) is 0 Å². The third-order valence-electron chi connectivity index (χ3n) is 3.36. The van der Waals surface area contributed by atoms with Gasteiger partial charge in [-0.15, -0.1) is 0 Å². The van der Waals surface area contributed by atoms with Gasteiger partial charge < -0.3 is 10.6 Å². The Morgan fingerprint density at radius 1 is 1.00 bits per heavy atom. The van der Waals surface area contributed by atoms with Crippen molar-refractivity contribution in [2.75, 3.05) is 5.32 Å². The zero-order valence-corrected chi connectivity index (χ0v) is 13.0. The fourth-order valence-corrected chi connectivity index (χ4v) is 2.19. The fourth-order valence-electron chi connectivity index (χ4n) is 2.19. The molecule has 0 fully saturated rings. The van der Waals surface area contributed by atoms with E-state index >= 15 is 0 Å². The first-order chi connectivity index (χ1) is 10.5. The molecule has 0 aliphatic carbocycles. The number of aryl methyl sites for hydroxylation is 2. The van der Waals surface area contributed by atoms with E-state index in [1.807, 2.05) is 38.1 Å². The van der Waals surface area contributed by atoms with E-state index in [0.29, 0.717) is 5.56 Å². The van der Waals surface area contributed by atoms with E-state index in [2.05, 4.69) is 10.6 Å². The molecule has 22 heavy (non-hydrogen) atoms. The Kier molecular flexibility index (Phi) is 4.94. The zero-order valence-electron chi connectivity index (χ0n) is 13.0. The summed E-state index contributed by atoms with van der Waals surface area (Å²) in [4.78, 5) is 24.0. The normalized spacial score (nSPS) is 11.6. The second kappa shape index (κ2) is 6.89. The Morgan fingerprint density at radius 2 is 1.68 bits per heavy atom. The molecule has 2 N–H and O–H groups in total. The van der Waals surface area contributed by atoms with Gasteiger partial charge in [0.05, 0.1) is 0 Å². The third-order valence-corrected chi connectivity index (χ3v) is 3.36. The predicted molar refractivity (Wildman–Crippen MR) is 87.9 cm³/mol. The van der Waals surface area contributed by atoms with Gasteiger partial charge in [-0.3, -0.25) is 9.59 Å². The zero-order chi connectivity index (χ0) is 16.1. The highest BCUT2D eigenvalue weighted by molar-refractivity contribution is 6.03. The number of ketones is 1. The molecule has 1 amide bonds. The molecule has 0 spiro atoms. The van der Waals surface area contributed by atoms with E-state index in [9.17, 15) is 9.59 Å². The third kappa shape index (κ3) is 3.95. The number of carbonyl (C=O) groups is 2. The minimum Gasteiger partial charge on any atom is -0.359 e. The number of anilines is 1. The summed E-state index contributed by atoms with van der Waals surface area (Å²) in [6, 6.07) is 14.9. The molecule has 0 radical (unpaired) electrons. The molecular formula is C18H20N2O2. The summed E-state index contributed by atoms with van der Waals surface area (Å²) in [5, 5.41) is 5.81. The van der Waals surface area contributed by atoms with Crippen LogP contribution < -0.4 is 10.6 Å². The quantitative estimate of drug-likeness (QED) is 0.658. The van der Waals surface area contributed by atoms with Gasteiger partial charge >= 0.3 is 0 Å². The Labute approximate surface area is 130 Å². The average molecular weight is 296 g/mol. The second-order valence-corrected chi connectivity index (χ2v) is 5.33. The minimum atomic E-state index is -0.791. The predicted octanol–water partition coefficient (Wildman–Crippen LogP) is 3.06. The molecule has 0 aromatic heterocycles. The maximum Gasteiger partial charge on any atom is 0.218 e. The largest absolute Gasteiger partial charge is 0.359 e. The molecule has 2 aromatic carbocycles. The van der Waals surface area contributed by atoms with E-state index in [0.717, 1.165) is 16.8 Å². The molecular weight excluding hydrogens is 276 g/mol. The summed E-state index contributed by atoms with van der Waals surface area (Å²) >= 11 is 0. The molecule has 4 heteroatoms. The van der Waals surface area contributed by atoms with Crippen molar-refractivity contribution in [1.29, 1.82) is 0 Å². The Balaban J connectivity index is 2.28. The van der Waals surface area contributed by atoms with Gasteiger partial charge in [-0.2, -0.15) is 0 Å². The molecule has 4 nitrogen and oxygen atoms in total. The Bertz CT molecular complexity index is 681. The van der Waals surface area contributed by atoms with E-state index in [-0.39, 0.29) is 11.7 Å². The van der Waals surface area contributed by atoms with Gasteiger partial charge in [-0.05, 0) is 31.0 Å². The molecule has 1 unspecified atom stereocenters. The van der Waals surface area contributed by atoms with Crippen molar-refractivity contribution in [2.24, 2.45) is 0 Å². The smallest absolute Gasteiger partial charge is 0.218 e. The molecule has 2 aromatic rings. The van der Waals surface area contributed by atoms with Crippen LogP contribution >= 0.6 is 0 Å². The summed E-state index contributed by atoms with van der Waals surface area (Å²) in [6.45, 7) is 5.34. The molecule has 0 aliphatic rings. The van der Waals surface area contributed by atoms with Crippen molar-refractivity contribution in [1.82, 2.24) is 5.32 Å². The number of carbonyl (C=O) groups excluding carboxylic acids is 2. The lowest BCUT2D eigenvalue weighted by molar-refractivity contribution is -0.119. The van der Waals surface area contributed by atoms with Crippen molar-refractivity contribution in [3.63, 3.8) is 0 Å². The van der Waals surface area contributed by atoms with Crippen LogP contribution in [0, 0.1) is 13.8 Å². The Morgan fingerprint density at radius 3 is 2.32 bits per heavy atom. The van der Waals surface area contributed by atoms with Crippen LogP contribution in [0.15, 0.2) is 48.5 Å². The van der Waals surface area contributed by atoms with Gasteiger partial charge in [0.15, 0.2) is 6.17 Å². The van der Waals surface area contributed by atoms with Gasteiger partial charge in [0.1, 0.15) is 0 Å². The molecule has 1 atom stereocenters. The number of benzene rings is 2. The molecule has 0 bridgehead atoms. The van der Waals surface area contributed by atoms with Crippen LogP contribution in [0.25, 0.3) is 0 Å². The summed E-state index contributed by atoms with van der Waals surface area (Å²) < 4.78 is 0. The van der Waals surface area contributed by atoms with Crippen LogP contribution in [0.4, 0.5) is 5.69 Å². The molecule has 0 saturated carbocycles. The molecule has 2 rings (SSSR count). The van der Waals surface area contributed by atoms with Gasteiger partial charge in [-0.25, -0.2) is 0 Å². The van der Waals surface area contributed by atoms with Crippen LogP contribution in [0.3, 0.4) is 0 Å². The van der Waals surface area contributed by atoms with Crippen molar-refractivity contribution < 1.29 is 9.59 Å². The highest BCUT2D eigenvalue weighted by Crippen LogP contribution is 2.18. The first-order valence-corrected chi connectivity index (χ1v) is 7.17. The highest BCUT2D eigenvalue weighted by atomic mass is 16.2. The van der Waals surface area contributed by atoms with Crippen molar-refractivity contribution in [3.05, 3.63) is 65.2 Å². The van der Waals surface area contributed by atoms with Crippen molar-refractivity contribution in [2.45, 2.75) is 26.9 Å². The number of rotatable bonds is 5. The molecule has 0 heterocycles. The number of hydrogen-bond acceptors (Lipinski definition) is 3. The lowest BCUT2D eigenvalue weighted by Gasteiger charge is -2.21. The molecule has 0 aliphatic heterocycles. The van der Waals surface area contributed by atoms with Crippen molar-refractivity contribution in [3.8, 4) is 0 Å². The van der Waals surface area contributed by atoms with Crippen LogP contribution in [0.1, 0.15) is 28.4 Å². The van der Waals surface area contributed by atoms with E-state index < -0.39 is 6.17 Å². The second-order valence-electron chi connectivity index (χ2n) is 5.33. The van der Waals surface area contributed by atoms with Gasteiger partial charge in [0, 0.05) is 18.2 Å².